The maximum atomic E-state index is 13.1. The Balaban J connectivity index is 1.39. The Hall–Kier alpha value is -2.21. The van der Waals surface area contributed by atoms with Crippen LogP contribution in [0.2, 0.25) is 0 Å². The van der Waals surface area contributed by atoms with Crippen molar-refractivity contribution in [2.45, 2.75) is 31.4 Å². The molecule has 2 aliphatic rings. The Bertz CT molecular complexity index is 829. The summed E-state index contributed by atoms with van der Waals surface area (Å²) in [6.07, 6.45) is 2.18. The van der Waals surface area contributed by atoms with Gasteiger partial charge in [0.25, 0.3) is 0 Å². The van der Waals surface area contributed by atoms with Crippen molar-refractivity contribution < 1.29 is 9.53 Å². The van der Waals surface area contributed by atoms with Crippen LogP contribution in [-0.4, -0.2) is 61.6 Å². The number of ether oxygens (including phenoxy) is 1. The lowest BCUT2D eigenvalue weighted by molar-refractivity contribution is -0.137. The van der Waals surface area contributed by atoms with E-state index in [9.17, 15) is 4.79 Å². The van der Waals surface area contributed by atoms with Gasteiger partial charge in [-0.25, -0.2) is 0 Å². The first-order chi connectivity index (χ1) is 14.6. The van der Waals surface area contributed by atoms with Gasteiger partial charge >= 0.3 is 0 Å². The van der Waals surface area contributed by atoms with Crippen molar-refractivity contribution in [3.8, 4) is 0 Å². The molecule has 2 saturated heterocycles. The van der Waals surface area contributed by atoms with Crippen LogP contribution in [-0.2, 0) is 16.1 Å². The van der Waals surface area contributed by atoms with Crippen molar-refractivity contribution in [1.82, 2.24) is 9.80 Å². The third-order valence-electron chi connectivity index (χ3n) is 6.67. The third kappa shape index (κ3) is 4.59. The highest BCUT2D eigenvalue weighted by atomic mass is 16.5. The summed E-state index contributed by atoms with van der Waals surface area (Å²) in [7, 11) is 2.19. The van der Waals surface area contributed by atoms with E-state index < -0.39 is 6.04 Å². The first-order valence-electron chi connectivity index (χ1n) is 11.0. The number of piperidine rings is 1. The summed E-state index contributed by atoms with van der Waals surface area (Å²) < 4.78 is 5.74. The summed E-state index contributed by atoms with van der Waals surface area (Å²) in [6, 6.07) is 20.1. The highest BCUT2D eigenvalue weighted by Crippen LogP contribution is 2.48. The first kappa shape index (κ1) is 21.0. The minimum Gasteiger partial charge on any atom is -0.375 e. The summed E-state index contributed by atoms with van der Waals surface area (Å²) in [5, 5.41) is 0. The van der Waals surface area contributed by atoms with Gasteiger partial charge in [0.15, 0.2) is 0 Å². The predicted octanol–water partition coefficient (Wildman–Crippen LogP) is 2.87. The van der Waals surface area contributed by atoms with Gasteiger partial charge in [-0.05, 0) is 31.0 Å². The van der Waals surface area contributed by atoms with E-state index in [-0.39, 0.29) is 17.9 Å². The summed E-state index contributed by atoms with van der Waals surface area (Å²) >= 11 is 0. The van der Waals surface area contributed by atoms with Crippen LogP contribution in [0.15, 0.2) is 60.7 Å². The molecule has 4 rings (SSSR count). The number of likely N-dealkylation sites (N-methyl/N-ethyl adjacent to an activating group) is 1. The predicted molar refractivity (Wildman–Crippen MR) is 119 cm³/mol. The molecule has 0 aromatic heterocycles. The summed E-state index contributed by atoms with van der Waals surface area (Å²) in [4.78, 5) is 17.5. The molecular formula is C25H33N3O2. The number of hydrogen-bond acceptors (Lipinski definition) is 4. The van der Waals surface area contributed by atoms with Crippen LogP contribution in [0.1, 0.15) is 29.9 Å². The van der Waals surface area contributed by atoms with Crippen LogP contribution in [0, 0.1) is 5.41 Å². The van der Waals surface area contributed by atoms with Crippen LogP contribution >= 0.6 is 0 Å². The second kappa shape index (κ2) is 9.29. The van der Waals surface area contributed by atoms with Crippen LogP contribution in [0.3, 0.4) is 0 Å². The molecule has 2 unspecified atom stereocenters. The van der Waals surface area contributed by atoms with Gasteiger partial charge in [0.2, 0.25) is 5.91 Å². The lowest BCUT2D eigenvalue weighted by Gasteiger charge is -2.44. The standard InChI is InChI=1S/C25H33N3O2/c1-27-15-22(21-11-6-3-7-12-21)25(18-27)13-8-14-28(19-25)24(29)23(26)17-30-16-20-9-4-2-5-10-20/h2-7,9-12,22-23H,8,13-19,26H2,1H3/t22?,23-,25?/m1/s1. The molecule has 0 bridgehead atoms. The highest BCUT2D eigenvalue weighted by molar-refractivity contribution is 5.82. The molecule has 2 N–H and O–H groups in total. The van der Waals surface area contributed by atoms with Crippen molar-refractivity contribution in [3.05, 3.63) is 71.8 Å². The van der Waals surface area contributed by atoms with Crippen LogP contribution < -0.4 is 5.73 Å². The molecular weight excluding hydrogens is 374 g/mol. The quantitative estimate of drug-likeness (QED) is 0.800. The zero-order valence-electron chi connectivity index (χ0n) is 17.9. The molecule has 2 aliphatic heterocycles. The molecule has 2 aromatic carbocycles. The number of nitrogens with zero attached hydrogens (tertiary/aromatic N) is 2. The average molecular weight is 408 g/mol. The van der Waals surface area contributed by atoms with Crippen molar-refractivity contribution in [3.63, 3.8) is 0 Å². The number of carbonyl (C=O) groups is 1. The van der Waals surface area contributed by atoms with Crippen LogP contribution in [0.5, 0.6) is 0 Å². The molecule has 1 spiro atoms. The van der Waals surface area contributed by atoms with Crippen LogP contribution in [0.4, 0.5) is 0 Å². The Morgan fingerprint density at radius 2 is 1.83 bits per heavy atom. The monoisotopic (exact) mass is 407 g/mol. The molecule has 0 saturated carbocycles. The van der Waals surface area contributed by atoms with E-state index in [4.69, 9.17) is 10.5 Å². The molecule has 1 amide bonds. The van der Waals surface area contributed by atoms with E-state index in [1.807, 2.05) is 35.2 Å². The number of carbonyl (C=O) groups excluding carboxylic acids is 1. The summed E-state index contributed by atoms with van der Waals surface area (Å²) in [5.74, 6) is 0.466. The number of hydrogen-bond donors (Lipinski definition) is 1. The third-order valence-corrected chi connectivity index (χ3v) is 6.67. The maximum absolute atomic E-state index is 13.1. The number of amides is 1. The second-order valence-electron chi connectivity index (χ2n) is 8.99. The van der Waals surface area contributed by atoms with E-state index in [0.717, 1.165) is 44.6 Å². The lowest BCUT2D eigenvalue weighted by Crippen LogP contribution is -2.54. The molecule has 2 aromatic rings. The van der Waals surface area contributed by atoms with Crippen molar-refractivity contribution in [2.24, 2.45) is 11.1 Å². The SMILES string of the molecule is CN1CC(c2ccccc2)C2(CCCN(C(=O)[C@H](N)COCc3ccccc3)C2)C1. The number of benzene rings is 2. The van der Waals surface area contributed by atoms with Gasteiger partial charge in [-0.3, -0.25) is 4.79 Å². The van der Waals surface area contributed by atoms with Gasteiger partial charge < -0.3 is 20.3 Å². The topological polar surface area (TPSA) is 58.8 Å². The zero-order valence-corrected chi connectivity index (χ0v) is 17.9. The van der Waals surface area contributed by atoms with Gasteiger partial charge in [0.1, 0.15) is 6.04 Å². The Morgan fingerprint density at radius 1 is 1.13 bits per heavy atom. The zero-order chi connectivity index (χ0) is 21.0. The fraction of sp³-hybridized carbons (Fsp3) is 0.480. The maximum Gasteiger partial charge on any atom is 0.241 e. The molecule has 3 atom stereocenters. The van der Waals surface area contributed by atoms with E-state index in [1.54, 1.807) is 0 Å². The molecule has 160 valence electrons. The van der Waals surface area contributed by atoms with E-state index in [1.165, 1.54) is 5.56 Å². The van der Waals surface area contributed by atoms with Gasteiger partial charge in [0.05, 0.1) is 13.2 Å². The first-order valence-corrected chi connectivity index (χ1v) is 11.0. The molecule has 0 radical (unpaired) electrons. The van der Waals surface area contributed by atoms with Crippen LogP contribution in [0.25, 0.3) is 0 Å². The normalized spacial score (nSPS) is 25.5. The lowest BCUT2D eigenvalue weighted by atomic mass is 9.69. The smallest absolute Gasteiger partial charge is 0.241 e. The fourth-order valence-corrected chi connectivity index (χ4v) is 5.31. The highest BCUT2D eigenvalue weighted by Gasteiger charge is 2.49. The number of nitrogens with two attached hydrogens (primary N) is 1. The van der Waals surface area contributed by atoms with Gasteiger partial charge in [-0.1, -0.05) is 60.7 Å². The van der Waals surface area contributed by atoms with Gasteiger partial charge in [-0.2, -0.15) is 0 Å². The number of rotatable bonds is 6. The Morgan fingerprint density at radius 3 is 2.57 bits per heavy atom. The van der Waals surface area contributed by atoms with Crippen molar-refractivity contribution in [2.75, 3.05) is 39.8 Å². The average Bonchev–Trinajstić information content (AvgIpc) is 3.09. The molecule has 30 heavy (non-hydrogen) atoms. The molecule has 2 fully saturated rings. The number of likely N-dealkylation sites (tertiary alicyclic amines) is 2. The van der Waals surface area contributed by atoms with E-state index in [2.05, 4.69) is 42.3 Å². The second-order valence-corrected chi connectivity index (χ2v) is 8.99. The van der Waals surface area contributed by atoms with Gasteiger partial charge in [0, 0.05) is 37.5 Å². The van der Waals surface area contributed by atoms with E-state index in [0.29, 0.717) is 12.5 Å². The van der Waals surface area contributed by atoms with Gasteiger partial charge in [-0.15, -0.1) is 0 Å². The van der Waals surface area contributed by atoms with E-state index >= 15 is 0 Å². The molecule has 5 nitrogen and oxygen atoms in total. The molecule has 5 heteroatoms. The Kier molecular flexibility index (Phi) is 6.52. The minimum absolute atomic E-state index is 0.0171. The molecule has 2 heterocycles. The Labute approximate surface area is 179 Å². The van der Waals surface area contributed by atoms with Crippen molar-refractivity contribution >= 4 is 5.91 Å². The molecule has 0 aliphatic carbocycles. The summed E-state index contributed by atoms with van der Waals surface area (Å²) in [5.41, 5.74) is 8.82. The summed E-state index contributed by atoms with van der Waals surface area (Å²) in [6.45, 7) is 4.36. The largest absolute Gasteiger partial charge is 0.375 e. The van der Waals surface area contributed by atoms with Crippen molar-refractivity contribution in [1.29, 1.82) is 0 Å². The fourth-order valence-electron chi connectivity index (χ4n) is 5.31. The minimum atomic E-state index is -0.613.